The van der Waals surface area contributed by atoms with E-state index in [4.69, 9.17) is 16.3 Å². The van der Waals surface area contributed by atoms with E-state index in [1.54, 1.807) is 36.4 Å². The van der Waals surface area contributed by atoms with E-state index >= 15 is 0 Å². The Bertz CT molecular complexity index is 845. The number of carbonyl (C=O) groups is 2. The maximum absolute atomic E-state index is 13.3. The molecule has 0 saturated carbocycles. The van der Waals surface area contributed by atoms with E-state index in [2.05, 4.69) is 5.32 Å². The van der Waals surface area contributed by atoms with Crippen LogP contribution in [0.2, 0.25) is 5.02 Å². The van der Waals surface area contributed by atoms with Gasteiger partial charge in [-0.2, -0.15) is 0 Å². The fourth-order valence-electron chi connectivity index (χ4n) is 2.93. The zero-order valence-electron chi connectivity index (χ0n) is 17.5. The molecule has 2 aromatic carbocycles. The van der Waals surface area contributed by atoms with Crippen LogP contribution >= 0.6 is 11.6 Å². The van der Waals surface area contributed by atoms with Crippen molar-refractivity contribution in [2.75, 3.05) is 6.61 Å². The normalized spacial score (nSPS) is 12.7. The van der Waals surface area contributed by atoms with Gasteiger partial charge in [-0.1, -0.05) is 49.7 Å². The Morgan fingerprint density at radius 3 is 2.37 bits per heavy atom. The minimum absolute atomic E-state index is 0.00583. The van der Waals surface area contributed by atoms with E-state index in [1.807, 2.05) is 20.8 Å². The molecule has 0 aliphatic heterocycles. The first-order chi connectivity index (χ1) is 14.3. The van der Waals surface area contributed by atoms with Crippen LogP contribution in [0.3, 0.4) is 0 Å². The van der Waals surface area contributed by atoms with Gasteiger partial charge < -0.3 is 15.0 Å². The van der Waals surface area contributed by atoms with Crippen molar-refractivity contribution in [1.29, 1.82) is 0 Å². The van der Waals surface area contributed by atoms with Gasteiger partial charge in [0.1, 0.15) is 17.6 Å². The van der Waals surface area contributed by atoms with Crippen LogP contribution in [0.4, 0.5) is 4.39 Å². The third-order valence-corrected chi connectivity index (χ3v) is 5.15. The van der Waals surface area contributed by atoms with Crippen molar-refractivity contribution in [3.63, 3.8) is 0 Å². The number of carbonyl (C=O) groups excluding carboxylic acids is 2. The highest BCUT2D eigenvalue weighted by molar-refractivity contribution is 6.32. The molecule has 0 bridgehead atoms. The summed E-state index contributed by atoms with van der Waals surface area (Å²) in [6, 6.07) is 12.1. The van der Waals surface area contributed by atoms with Crippen molar-refractivity contribution in [2.45, 2.75) is 52.2 Å². The molecule has 5 nitrogen and oxygen atoms in total. The van der Waals surface area contributed by atoms with E-state index in [-0.39, 0.29) is 36.8 Å². The van der Waals surface area contributed by atoms with Crippen LogP contribution in [0.1, 0.15) is 39.2 Å². The molecule has 162 valence electrons. The second-order valence-corrected chi connectivity index (χ2v) is 7.52. The molecule has 0 saturated heterocycles. The predicted molar refractivity (Wildman–Crippen MR) is 116 cm³/mol. The van der Waals surface area contributed by atoms with Crippen molar-refractivity contribution in [3.8, 4) is 5.75 Å². The number of nitrogens with zero attached hydrogens (tertiary/aromatic N) is 1. The molecule has 0 aromatic heterocycles. The van der Waals surface area contributed by atoms with E-state index < -0.39 is 6.04 Å². The van der Waals surface area contributed by atoms with Crippen LogP contribution in [-0.2, 0) is 16.1 Å². The summed E-state index contributed by atoms with van der Waals surface area (Å²) in [7, 11) is 0. The summed E-state index contributed by atoms with van der Waals surface area (Å²) in [6.07, 6.45) is 1.21. The second-order valence-electron chi connectivity index (χ2n) is 7.11. The third-order valence-electron chi connectivity index (χ3n) is 4.84. The minimum atomic E-state index is -0.675. The number of hydrogen-bond acceptors (Lipinski definition) is 3. The lowest BCUT2D eigenvalue weighted by Crippen LogP contribution is -2.51. The van der Waals surface area contributed by atoms with Crippen molar-refractivity contribution in [2.24, 2.45) is 0 Å². The molecule has 0 spiro atoms. The zero-order valence-corrected chi connectivity index (χ0v) is 18.3. The molecule has 2 rings (SSSR count). The molecule has 30 heavy (non-hydrogen) atoms. The first-order valence-electron chi connectivity index (χ1n) is 10.1. The van der Waals surface area contributed by atoms with Crippen molar-refractivity contribution in [1.82, 2.24) is 10.2 Å². The van der Waals surface area contributed by atoms with Gasteiger partial charge in [0.05, 0.1) is 5.02 Å². The number of nitrogens with one attached hydrogen (secondary N) is 1. The summed E-state index contributed by atoms with van der Waals surface area (Å²) in [5.41, 5.74) is 0.720. The lowest BCUT2D eigenvalue weighted by atomic mass is 10.1. The Hall–Kier alpha value is -2.60. The van der Waals surface area contributed by atoms with Gasteiger partial charge in [-0.15, -0.1) is 0 Å². The van der Waals surface area contributed by atoms with Gasteiger partial charge in [0, 0.05) is 12.6 Å². The molecule has 0 aliphatic carbocycles. The first-order valence-corrected chi connectivity index (χ1v) is 10.4. The van der Waals surface area contributed by atoms with Crippen LogP contribution in [0, 0.1) is 5.82 Å². The highest BCUT2D eigenvalue weighted by Gasteiger charge is 2.29. The molecule has 2 aromatic rings. The van der Waals surface area contributed by atoms with Crippen LogP contribution in [0.5, 0.6) is 5.75 Å². The molecule has 1 N–H and O–H groups in total. The van der Waals surface area contributed by atoms with Gasteiger partial charge in [0.15, 0.2) is 6.61 Å². The summed E-state index contributed by atoms with van der Waals surface area (Å²) in [4.78, 5) is 27.4. The average Bonchev–Trinajstić information content (AvgIpc) is 2.74. The summed E-state index contributed by atoms with van der Waals surface area (Å²) in [5.74, 6) is -0.544. The highest BCUT2D eigenvalue weighted by Crippen LogP contribution is 2.23. The van der Waals surface area contributed by atoms with Crippen LogP contribution in [0.15, 0.2) is 48.5 Å². The summed E-state index contributed by atoms with van der Waals surface area (Å²) in [5, 5.41) is 3.34. The number of rotatable bonds is 10. The van der Waals surface area contributed by atoms with Gasteiger partial charge in [0.2, 0.25) is 5.91 Å². The van der Waals surface area contributed by atoms with Gasteiger partial charge in [-0.3, -0.25) is 9.59 Å². The van der Waals surface area contributed by atoms with Gasteiger partial charge >= 0.3 is 0 Å². The van der Waals surface area contributed by atoms with Gasteiger partial charge in [-0.25, -0.2) is 4.39 Å². The average molecular weight is 435 g/mol. The molecule has 0 heterocycles. The van der Waals surface area contributed by atoms with E-state index in [0.29, 0.717) is 17.2 Å². The number of amides is 2. The Labute approximate surface area is 182 Å². The third kappa shape index (κ3) is 6.73. The number of benzene rings is 2. The Kier molecular flexibility index (Phi) is 9.12. The predicted octanol–water partition coefficient (Wildman–Crippen LogP) is 4.58. The smallest absolute Gasteiger partial charge is 0.261 e. The zero-order chi connectivity index (χ0) is 22.1. The topological polar surface area (TPSA) is 58.6 Å². The monoisotopic (exact) mass is 434 g/mol. The Balaban J connectivity index is 2.21. The van der Waals surface area contributed by atoms with Crippen molar-refractivity contribution >= 4 is 23.4 Å². The molecule has 2 amide bonds. The lowest BCUT2D eigenvalue weighted by Gasteiger charge is -2.31. The van der Waals surface area contributed by atoms with E-state index in [1.165, 1.54) is 17.0 Å². The quantitative estimate of drug-likeness (QED) is 0.595. The maximum atomic E-state index is 13.3. The first kappa shape index (κ1) is 23.7. The number of para-hydroxylation sites is 1. The Morgan fingerprint density at radius 2 is 1.77 bits per heavy atom. The van der Waals surface area contributed by atoms with Crippen LogP contribution < -0.4 is 10.1 Å². The molecule has 0 unspecified atom stereocenters. The van der Waals surface area contributed by atoms with Gasteiger partial charge in [0.25, 0.3) is 5.91 Å². The van der Waals surface area contributed by atoms with E-state index in [9.17, 15) is 14.0 Å². The van der Waals surface area contributed by atoms with Crippen LogP contribution in [0.25, 0.3) is 0 Å². The molecular weight excluding hydrogens is 407 g/mol. The van der Waals surface area contributed by atoms with Crippen molar-refractivity contribution < 1.29 is 18.7 Å². The SMILES string of the molecule is CC[C@@H](C)NC(=O)[C@H](CC)N(Cc1ccc(F)cc1)C(=O)COc1ccccc1Cl. The molecular formula is C23H28ClFN2O3. The molecule has 7 heteroatoms. The largest absolute Gasteiger partial charge is 0.482 e. The highest BCUT2D eigenvalue weighted by atomic mass is 35.5. The fraction of sp³-hybridized carbons (Fsp3) is 0.391. The molecule has 2 atom stereocenters. The lowest BCUT2D eigenvalue weighted by molar-refractivity contribution is -0.143. The standard InChI is InChI=1S/C23H28ClFN2O3/c1-4-16(3)26-23(29)20(5-2)27(14-17-10-12-18(25)13-11-17)22(28)15-30-21-9-7-6-8-19(21)24/h6-13,16,20H,4-5,14-15H2,1-3H3,(H,26,29)/t16-,20+/m1/s1. The minimum Gasteiger partial charge on any atom is -0.482 e. The number of hydrogen-bond donors (Lipinski definition) is 1. The van der Waals surface area contributed by atoms with E-state index in [0.717, 1.165) is 12.0 Å². The van der Waals surface area contributed by atoms with Crippen molar-refractivity contribution in [3.05, 3.63) is 64.9 Å². The maximum Gasteiger partial charge on any atom is 0.261 e. The summed E-state index contributed by atoms with van der Waals surface area (Å²) in [6.45, 7) is 5.64. The summed E-state index contributed by atoms with van der Waals surface area (Å²) >= 11 is 6.10. The van der Waals surface area contributed by atoms with Crippen LogP contribution in [-0.4, -0.2) is 35.4 Å². The second kappa shape index (κ2) is 11.6. The fourth-order valence-corrected chi connectivity index (χ4v) is 3.12. The Morgan fingerprint density at radius 1 is 1.10 bits per heavy atom. The summed E-state index contributed by atoms with van der Waals surface area (Å²) < 4.78 is 18.9. The van der Waals surface area contributed by atoms with Gasteiger partial charge in [-0.05, 0) is 49.6 Å². The molecule has 0 fully saturated rings. The molecule has 0 radical (unpaired) electrons. The number of halogens is 2. The molecule has 0 aliphatic rings. The number of ether oxygens (including phenoxy) is 1.